The van der Waals surface area contributed by atoms with Gasteiger partial charge in [-0.3, -0.25) is 14.4 Å². The minimum absolute atomic E-state index is 0.00785. The van der Waals surface area contributed by atoms with Gasteiger partial charge in [0.05, 0.1) is 0 Å². The Hall–Kier alpha value is -2.74. The number of nitrogens with one attached hydrogen (secondary N) is 1. The first kappa shape index (κ1) is 22.0. The van der Waals surface area contributed by atoms with Crippen molar-refractivity contribution in [1.29, 1.82) is 0 Å². The third kappa shape index (κ3) is 5.05. The predicted octanol–water partition coefficient (Wildman–Crippen LogP) is 2.02. The smallest absolute Gasteiger partial charge is 0.240 e. The van der Waals surface area contributed by atoms with E-state index in [9.17, 15) is 19.5 Å². The third-order valence-electron chi connectivity index (χ3n) is 5.44. The molecule has 2 amide bonds. The Labute approximate surface area is 179 Å². The van der Waals surface area contributed by atoms with Crippen molar-refractivity contribution in [2.24, 2.45) is 5.73 Å². The largest absolute Gasteiger partial charge is 0.502 e. The summed E-state index contributed by atoms with van der Waals surface area (Å²) in [4.78, 5) is 37.0. The van der Waals surface area contributed by atoms with Crippen LogP contribution in [-0.4, -0.2) is 34.5 Å². The molecule has 3 rings (SSSR count). The quantitative estimate of drug-likeness (QED) is 0.618. The molecule has 1 aliphatic heterocycles. The summed E-state index contributed by atoms with van der Waals surface area (Å²) < 4.78 is 5.75. The zero-order valence-electron chi connectivity index (χ0n) is 16.8. The lowest BCUT2D eigenvalue weighted by Gasteiger charge is -2.36. The van der Waals surface area contributed by atoms with E-state index in [4.69, 9.17) is 10.2 Å². The van der Waals surface area contributed by atoms with E-state index in [1.165, 1.54) is 6.07 Å². The number of carbonyl (C=O) groups is 2. The van der Waals surface area contributed by atoms with Crippen molar-refractivity contribution >= 4 is 23.6 Å². The molecule has 1 fully saturated rings. The maximum absolute atomic E-state index is 12.9. The normalized spacial score (nSPS) is 16.6. The highest BCUT2D eigenvalue weighted by molar-refractivity contribution is 7.99. The van der Waals surface area contributed by atoms with Crippen LogP contribution in [0.5, 0.6) is 5.75 Å². The first-order valence-corrected chi connectivity index (χ1v) is 11.0. The number of aromatic hydroxyl groups is 1. The lowest BCUT2D eigenvalue weighted by Crippen LogP contribution is -2.48. The topological polar surface area (TPSA) is 123 Å². The molecular formula is C22H26N2O5S. The van der Waals surface area contributed by atoms with Crippen LogP contribution in [0.25, 0.3) is 0 Å². The van der Waals surface area contributed by atoms with Crippen LogP contribution in [0.3, 0.4) is 0 Å². The predicted molar refractivity (Wildman–Crippen MR) is 116 cm³/mol. The highest BCUT2D eigenvalue weighted by Crippen LogP contribution is 2.44. The number of hydrogen-bond acceptors (Lipinski definition) is 6. The number of primary amides is 1. The highest BCUT2D eigenvalue weighted by Gasteiger charge is 2.42. The Balaban J connectivity index is 1.83. The first-order valence-electron chi connectivity index (χ1n) is 9.85. The second kappa shape index (κ2) is 9.38. The summed E-state index contributed by atoms with van der Waals surface area (Å²) in [6.45, 7) is 1.64. The van der Waals surface area contributed by atoms with Crippen molar-refractivity contribution in [3.63, 3.8) is 0 Å². The molecule has 0 spiro atoms. The number of thioether (sulfide) groups is 1. The van der Waals surface area contributed by atoms with E-state index < -0.39 is 28.5 Å². The average molecular weight is 431 g/mol. The molecule has 160 valence electrons. The number of benzene rings is 1. The summed E-state index contributed by atoms with van der Waals surface area (Å²) in [7, 11) is 0. The van der Waals surface area contributed by atoms with E-state index >= 15 is 0 Å². The van der Waals surface area contributed by atoms with Crippen LogP contribution in [0, 0.1) is 6.92 Å². The SMILES string of the molecule is Cc1cc(=O)c(O)c(C2(CC(=O)NC(Cc3ccccc3)C(N)=O)CCSCC2)o1. The summed E-state index contributed by atoms with van der Waals surface area (Å²) in [5.74, 6) is 0.638. The van der Waals surface area contributed by atoms with Gasteiger partial charge in [0.15, 0.2) is 5.76 Å². The summed E-state index contributed by atoms with van der Waals surface area (Å²) in [6, 6.07) is 9.68. The molecule has 0 bridgehead atoms. The van der Waals surface area contributed by atoms with Crippen LogP contribution in [-0.2, 0) is 21.4 Å². The lowest BCUT2D eigenvalue weighted by molar-refractivity contribution is -0.128. The molecule has 1 aromatic heterocycles. The Bertz CT molecular complexity index is 967. The van der Waals surface area contributed by atoms with Gasteiger partial charge in [0.2, 0.25) is 23.0 Å². The maximum Gasteiger partial charge on any atom is 0.240 e. The standard InChI is InChI=1S/C22H26N2O5S/c1-14-11-17(25)19(27)20(29-14)22(7-9-30-10-8-22)13-18(26)24-16(21(23)28)12-15-5-3-2-4-6-15/h2-6,11,16,27H,7-10,12-13H2,1H3,(H2,23,28)(H,24,26). The minimum Gasteiger partial charge on any atom is -0.502 e. The van der Waals surface area contributed by atoms with E-state index in [-0.39, 0.29) is 24.5 Å². The third-order valence-corrected chi connectivity index (χ3v) is 6.42. The number of carbonyl (C=O) groups excluding carboxylic acids is 2. The van der Waals surface area contributed by atoms with E-state index in [1.807, 2.05) is 30.3 Å². The minimum atomic E-state index is -0.854. The lowest BCUT2D eigenvalue weighted by atomic mass is 9.75. The number of aryl methyl sites for hydroxylation is 1. The fourth-order valence-corrected chi connectivity index (χ4v) is 5.11. The Morgan fingerprint density at radius 2 is 1.93 bits per heavy atom. The summed E-state index contributed by atoms with van der Waals surface area (Å²) in [6.07, 6.45) is 1.43. The highest BCUT2D eigenvalue weighted by atomic mass is 32.2. The Morgan fingerprint density at radius 3 is 2.57 bits per heavy atom. The van der Waals surface area contributed by atoms with Crippen LogP contribution >= 0.6 is 11.8 Å². The van der Waals surface area contributed by atoms with Crippen molar-refractivity contribution in [1.82, 2.24) is 5.32 Å². The van der Waals surface area contributed by atoms with Crippen LogP contribution in [0.2, 0.25) is 0 Å². The summed E-state index contributed by atoms with van der Waals surface area (Å²) >= 11 is 1.75. The van der Waals surface area contributed by atoms with Crippen molar-refractivity contribution in [2.75, 3.05) is 11.5 Å². The molecule has 1 aliphatic rings. The van der Waals surface area contributed by atoms with Crippen molar-refractivity contribution in [3.05, 3.63) is 63.7 Å². The first-order chi connectivity index (χ1) is 14.3. The number of amides is 2. The van der Waals surface area contributed by atoms with Gasteiger partial charge in [-0.2, -0.15) is 11.8 Å². The fourth-order valence-electron chi connectivity index (χ4n) is 3.83. The van der Waals surface area contributed by atoms with Crippen LogP contribution in [0.1, 0.15) is 36.3 Å². The van der Waals surface area contributed by atoms with Crippen molar-refractivity contribution < 1.29 is 19.1 Å². The molecular weight excluding hydrogens is 404 g/mol. The van der Waals surface area contributed by atoms with E-state index in [0.29, 0.717) is 18.6 Å². The van der Waals surface area contributed by atoms with Gasteiger partial charge < -0.3 is 20.6 Å². The molecule has 2 heterocycles. The fraction of sp³-hybridized carbons (Fsp3) is 0.409. The van der Waals surface area contributed by atoms with Crippen molar-refractivity contribution in [3.8, 4) is 5.75 Å². The Kier molecular flexibility index (Phi) is 6.87. The molecule has 1 atom stereocenters. The molecule has 0 aliphatic carbocycles. The number of rotatable bonds is 7. The van der Waals surface area contributed by atoms with Gasteiger partial charge in [0.1, 0.15) is 11.8 Å². The zero-order chi connectivity index (χ0) is 21.7. The van der Waals surface area contributed by atoms with Gasteiger partial charge >= 0.3 is 0 Å². The summed E-state index contributed by atoms with van der Waals surface area (Å²) in [5.41, 5.74) is 5.07. The average Bonchev–Trinajstić information content (AvgIpc) is 2.71. The van der Waals surface area contributed by atoms with Crippen LogP contribution in [0.15, 0.2) is 45.6 Å². The molecule has 7 nitrogen and oxygen atoms in total. The molecule has 1 unspecified atom stereocenters. The molecule has 8 heteroatoms. The maximum atomic E-state index is 12.9. The van der Waals surface area contributed by atoms with Gasteiger partial charge in [-0.1, -0.05) is 30.3 Å². The van der Waals surface area contributed by atoms with E-state index in [1.54, 1.807) is 18.7 Å². The molecule has 4 N–H and O–H groups in total. The monoisotopic (exact) mass is 430 g/mol. The van der Waals surface area contributed by atoms with Crippen molar-refractivity contribution in [2.45, 2.75) is 44.1 Å². The molecule has 0 radical (unpaired) electrons. The van der Waals surface area contributed by atoms with Gasteiger partial charge in [0.25, 0.3) is 0 Å². The number of hydrogen-bond donors (Lipinski definition) is 3. The second-order valence-corrected chi connectivity index (χ2v) is 8.91. The number of nitrogens with two attached hydrogens (primary N) is 1. The molecule has 1 saturated heterocycles. The molecule has 0 saturated carbocycles. The van der Waals surface area contributed by atoms with Gasteiger partial charge in [-0.15, -0.1) is 0 Å². The Morgan fingerprint density at radius 1 is 1.27 bits per heavy atom. The van der Waals surface area contributed by atoms with Gasteiger partial charge in [0, 0.05) is 24.3 Å². The zero-order valence-corrected chi connectivity index (χ0v) is 17.7. The van der Waals surface area contributed by atoms with E-state index in [0.717, 1.165) is 17.1 Å². The summed E-state index contributed by atoms with van der Waals surface area (Å²) in [5, 5.41) is 13.1. The van der Waals surface area contributed by atoms with Gasteiger partial charge in [-0.05, 0) is 36.8 Å². The second-order valence-electron chi connectivity index (χ2n) is 7.68. The molecule has 30 heavy (non-hydrogen) atoms. The van der Waals surface area contributed by atoms with Crippen LogP contribution < -0.4 is 16.5 Å². The van der Waals surface area contributed by atoms with Gasteiger partial charge in [-0.25, -0.2) is 0 Å². The van der Waals surface area contributed by atoms with E-state index in [2.05, 4.69) is 5.32 Å². The molecule has 2 aromatic rings. The molecule has 1 aromatic carbocycles. The van der Waals surface area contributed by atoms with Crippen LogP contribution in [0.4, 0.5) is 0 Å².